The molecule has 0 aliphatic carbocycles. The second kappa shape index (κ2) is 10.2. The molecule has 1 amide bonds. The van der Waals surface area contributed by atoms with Gasteiger partial charge in [0, 0.05) is 23.2 Å². The maximum absolute atomic E-state index is 12.4. The molecule has 2 heterocycles. The zero-order valence-electron chi connectivity index (χ0n) is 15.4. The zero-order chi connectivity index (χ0) is 19.9. The maximum Gasteiger partial charge on any atom is 0.309 e. The average Bonchev–Trinajstić information content (AvgIpc) is 3.14. The number of piperidine rings is 1. The zero-order valence-corrected chi connectivity index (χ0v) is 18.6. The number of amides is 1. The van der Waals surface area contributed by atoms with Crippen LogP contribution in [0.2, 0.25) is 0 Å². The van der Waals surface area contributed by atoms with Gasteiger partial charge in [-0.25, -0.2) is 0 Å². The van der Waals surface area contributed by atoms with E-state index in [0.717, 1.165) is 14.5 Å². The second-order valence-electron chi connectivity index (χ2n) is 6.20. The van der Waals surface area contributed by atoms with Crippen LogP contribution < -0.4 is 5.32 Å². The van der Waals surface area contributed by atoms with Crippen molar-refractivity contribution in [2.75, 3.05) is 30.8 Å². The lowest BCUT2D eigenvalue weighted by Gasteiger charge is -2.30. The van der Waals surface area contributed by atoms with E-state index in [-0.39, 0.29) is 17.8 Å². The van der Waals surface area contributed by atoms with E-state index in [1.807, 2.05) is 29.2 Å². The number of rotatable bonds is 7. The Balaban J connectivity index is 1.44. The van der Waals surface area contributed by atoms with Gasteiger partial charge in [0.15, 0.2) is 4.34 Å². The van der Waals surface area contributed by atoms with E-state index in [2.05, 4.69) is 31.4 Å². The molecule has 1 aliphatic heterocycles. The van der Waals surface area contributed by atoms with Crippen molar-refractivity contribution < 1.29 is 14.3 Å². The first-order valence-electron chi connectivity index (χ1n) is 8.98. The lowest BCUT2D eigenvalue weighted by atomic mass is 9.97. The molecule has 1 N–H and O–H groups in total. The highest BCUT2D eigenvalue weighted by molar-refractivity contribution is 9.10. The highest BCUT2D eigenvalue weighted by atomic mass is 79.9. The second-order valence-corrected chi connectivity index (χ2v) is 9.32. The van der Waals surface area contributed by atoms with E-state index >= 15 is 0 Å². The quantitative estimate of drug-likeness (QED) is 0.470. The Morgan fingerprint density at radius 2 is 2.14 bits per heavy atom. The highest BCUT2D eigenvalue weighted by Gasteiger charge is 2.28. The van der Waals surface area contributed by atoms with Gasteiger partial charge in [0.1, 0.15) is 0 Å². The predicted molar refractivity (Wildman–Crippen MR) is 114 cm³/mol. The lowest BCUT2D eigenvalue weighted by molar-refractivity contribution is -0.151. The summed E-state index contributed by atoms with van der Waals surface area (Å²) in [6, 6.07) is 7.79. The number of benzene rings is 1. The molecule has 0 unspecified atom stereocenters. The molecule has 0 saturated carbocycles. The molecule has 3 rings (SSSR count). The number of halogens is 1. The van der Waals surface area contributed by atoms with Gasteiger partial charge in [-0.05, 0) is 38.0 Å². The minimum Gasteiger partial charge on any atom is -0.466 e. The molecule has 7 nitrogen and oxygen atoms in total. The Morgan fingerprint density at radius 1 is 1.36 bits per heavy atom. The van der Waals surface area contributed by atoms with Crippen molar-refractivity contribution in [3.63, 3.8) is 0 Å². The molecule has 2 aromatic rings. The molecule has 0 atom stereocenters. The number of anilines is 2. The first-order chi connectivity index (χ1) is 13.5. The van der Waals surface area contributed by atoms with Crippen LogP contribution in [-0.4, -0.2) is 52.4 Å². The molecule has 1 aromatic heterocycles. The number of likely N-dealkylation sites (tertiary alicyclic amines) is 1. The molecule has 1 saturated heterocycles. The molecule has 0 radical (unpaired) electrons. The van der Waals surface area contributed by atoms with Crippen LogP contribution in [0.15, 0.2) is 33.1 Å². The highest BCUT2D eigenvalue weighted by Crippen LogP contribution is 2.29. The van der Waals surface area contributed by atoms with Gasteiger partial charge in [0.2, 0.25) is 11.0 Å². The van der Waals surface area contributed by atoms with E-state index in [4.69, 9.17) is 4.74 Å². The molecule has 0 bridgehead atoms. The minimum absolute atomic E-state index is 0.0593. The van der Waals surface area contributed by atoms with Crippen molar-refractivity contribution in [2.24, 2.45) is 5.92 Å². The van der Waals surface area contributed by atoms with Gasteiger partial charge >= 0.3 is 5.97 Å². The van der Waals surface area contributed by atoms with E-state index in [1.165, 1.54) is 23.1 Å². The van der Waals surface area contributed by atoms with Crippen molar-refractivity contribution in [3.05, 3.63) is 28.7 Å². The number of nitrogens with zero attached hydrogens (tertiary/aromatic N) is 3. The fraction of sp³-hybridized carbons (Fsp3) is 0.444. The normalized spacial score (nSPS) is 14.7. The summed E-state index contributed by atoms with van der Waals surface area (Å²) < 4.78 is 6.79. The van der Waals surface area contributed by atoms with Crippen LogP contribution >= 0.6 is 39.0 Å². The van der Waals surface area contributed by atoms with Crippen molar-refractivity contribution >= 4 is 61.7 Å². The van der Waals surface area contributed by atoms with Crippen LogP contribution in [0.5, 0.6) is 0 Å². The van der Waals surface area contributed by atoms with Crippen LogP contribution in [0.1, 0.15) is 19.8 Å². The molecular weight excluding hydrogens is 464 g/mol. The van der Waals surface area contributed by atoms with Gasteiger partial charge in [0.25, 0.3) is 0 Å². The summed E-state index contributed by atoms with van der Waals surface area (Å²) >= 11 is 6.23. The van der Waals surface area contributed by atoms with Gasteiger partial charge in [-0.2, -0.15) is 0 Å². The number of hydrogen-bond donors (Lipinski definition) is 1. The molecule has 0 spiro atoms. The summed E-state index contributed by atoms with van der Waals surface area (Å²) in [5, 5.41) is 12.1. The number of nitrogens with one attached hydrogen (secondary N) is 1. The smallest absolute Gasteiger partial charge is 0.309 e. The largest absolute Gasteiger partial charge is 0.466 e. The minimum atomic E-state index is -0.150. The van der Waals surface area contributed by atoms with Gasteiger partial charge in [0.05, 0.1) is 18.3 Å². The van der Waals surface area contributed by atoms with E-state index in [0.29, 0.717) is 43.4 Å². The monoisotopic (exact) mass is 484 g/mol. The Labute approximate surface area is 180 Å². The molecule has 10 heteroatoms. The number of thioether (sulfide) groups is 1. The average molecular weight is 485 g/mol. The number of carbonyl (C=O) groups is 2. The topological polar surface area (TPSA) is 84.4 Å². The Kier molecular flexibility index (Phi) is 7.69. The number of aromatic nitrogens is 2. The third-order valence-electron chi connectivity index (χ3n) is 4.27. The van der Waals surface area contributed by atoms with Crippen molar-refractivity contribution in [2.45, 2.75) is 24.1 Å². The van der Waals surface area contributed by atoms with Crippen molar-refractivity contribution in [1.82, 2.24) is 15.1 Å². The van der Waals surface area contributed by atoms with Crippen LogP contribution in [0.25, 0.3) is 0 Å². The predicted octanol–water partition coefficient (Wildman–Crippen LogP) is 3.94. The van der Waals surface area contributed by atoms with Crippen LogP contribution in [0, 0.1) is 5.92 Å². The summed E-state index contributed by atoms with van der Waals surface area (Å²) in [6.45, 7) is 3.39. The SMILES string of the molecule is CCOC(=O)C1CCN(C(=O)CSc2nnc(Nc3cccc(Br)c3)s2)CC1. The van der Waals surface area contributed by atoms with Crippen molar-refractivity contribution in [1.29, 1.82) is 0 Å². The van der Waals surface area contributed by atoms with E-state index < -0.39 is 0 Å². The fourth-order valence-electron chi connectivity index (χ4n) is 2.85. The number of hydrogen-bond acceptors (Lipinski definition) is 8. The van der Waals surface area contributed by atoms with Gasteiger partial charge < -0.3 is 15.0 Å². The summed E-state index contributed by atoms with van der Waals surface area (Å²) in [5.41, 5.74) is 0.919. The van der Waals surface area contributed by atoms with E-state index in [1.54, 1.807) is 6.92 Å². The third-order valence-corrected chi connectivity index (χ3v) is 6.72. The van der Waals surface area contributed by atoms with Crippen LogP contribution in [-0.2, 0) is 14.3 Å². The molecule has 150 valence electrons. The van der Waals surface area contributed by atoms with Gasteiger partial charge in [-0.15, -0.1) is 10.2 Å². The first kappa shape index (κ1) is 21.1. The molecule has 1 aliphatic rings. The standard InChI is InChI=1S/C18H21BrN4O3S2/c1-2-26-16(25)12-6-8-23(9-7-12)15(24)11-27-18-22-21-17(28-18)20-14-5-3-4-13(19)10-14/h3-5,10,12H,2,6-9,11H2,1H3,(H,20,21). The first-order valence-corrected chi connectivity index (χ1v) is 11.6. The molecular formula is C18H21BrN4O3S2. The van der Waals surface area contributed by atoms with Gasteiger partial charge in [-0.3, -0.25) is 9.59 Å². The summed E-state index contributed by atoms with van der Waals surface area (Å²) in [5.74, 6) is 0.133. The maximum atomic E-state index is 12.4. The molecule has 1 fully saturated rings. The number of esters is 1. The molecule has 28 heavy (non-hydrogen) atoms. The summed E-state index contributed by atoms with van der Waals surface area (Å²) in [4.78, 5) is 26.0. The van der Waals surface area contributed by atoms with Crippen LogP contribution in [0.4, 0.5) is 10.8 Å². The Hall–Kier alpha value is -1.65. The summed E-state index contributed by atoms with van der Waals surface area (Å²) in [6.07, 6.45) is 1.32. The van der Waals surface area contributed by atoms with Crippen molar-refractivity contribution in [3.8, 4) is 0 Å². The Morgan fingerprint density at radius 3 is 2.86 bits per heavy atom. The van der Waals surface area contributed by atoms with E-state index in [9.17, 15) is 9.59 Å². The summed E-state index contributed by atoms with van der Waals surface area (Å²) in [7, 11) is 0. The number of ether oxygens (including phenoxy) is 1. The Bertz CT molecular complexity index is 825. The fourth-order valence-corrected chi connectivity index (χ4v) is 4.92. The third kappa shape index (κ3) is 5.92. The van der Waals surface area contributed by atoms with Crippen LogP contribution in [0.3, 0.4) is 0 Å². The lowest BCUT2D eigenvalue weighted by Crippen LogP contribution is -2.41. The molecule has 1 aromatic carbocycles. The van der Waals surface area contributed by atoms with Gasteiger partial charge in [-0.1, -0.05) is 45.1 Å². The number of carbonyl (C=O) groups excluding carboxylic acids is 2.